The summed E-state index contributed by atoms with van der Waals surface area (Å²) in [5.41, 5.74) is 2.04. The molecule has 1 aromatic carbocycles. The van der Waals surface area contributed by atoms with Gasteiger partial charge in [-0.05, 0) is 42.3 Å². The minimum atomic E-state index is -0.147. The number of carbonyl (C=O) groups is 1. The van der Waals surface area contributed by atoms with Crippen LogP contribution in [-0.4, -0.2) is 24.0 Å². The maximum Gasteiger partial charge on any atom is 0.244 e. The summed E-state index contributed by atoms with van der Waals surface area (Å²) in [5.74, 6) is 0.668. The van der Waals surface area contributed by atoms with E-state index in [1.807, 2.05) is 43.3 Å². The second-order valence-corrected chi connectivity index (χ2v) is 4.58. The van der Waals surface area contributed by atoms with Crippen LogP contribution in [0.5, 0.6) is 5.75 Å². The lowest BCUT2D eigenvalue weighted by atomic mass is 10.2. The fourth-order valence-electron chi connectivity index (χ4n) is 1.75. The van der Waals surface area contributed by atoms with Crippen molar-refractivity contribution >= 4 is 12.0 Å². The monoisotopic (exact) mass is 282 g/mol. The van der Waals surface area contributed by atoms with Crippen LogP contribution in [0.1, 0.15) is 11.1 Å². The molecule has 1 aromatic heterocycles. The number of carbonyl (C=O) groups excluding carboxylic acids is 1. The number of hydrogen-bond acceptors (Lipinski definition) is 3. The number of amides is 1. The number of aryl methyl sites for hydroxylation is 1. The predicted molar refractivity (Wildman–Crippen MR) is 83.0 cm³/mol. The summed E-state index contributed by atoms with van der Waals surface area (Å²) in [4.78, 5) is 15.6. The van der Waals surface area contributed by atoms with Gasteiger partial charge in [0, 0.05) is 18.5 Å². The first-order valence-corrected chi connectivity index (χ1v) is 6.79. The van der Waals surface area contributed by atoms with Gasteiger partial charge in [0.15, 0.2) is 0 Å². The largest absolute Gasteiger partial charge is 0.492 e. The Kier molecular flexibility index (Phi) is 5.52. The molecule has 2 rings (SSSR count). The van der Waals surface area contributed by atoms with E-state index in [0.717, 1.165) is 16.9 Å². The number of pyridine rings is 1. The first-order valence-electron chi connectivity index (χ1n) is 6.79. The molecule has 1 amide bonds. The number of ether oxygens (including phenoxy) is 1. The number of aromatic nitrogens is 1. The second-order valence-electron chi connectivity index (χ2n) is 4.58. The summed E-state index contributed by atoms with van der Waals surface area (Å²) in [6.45, 7) is 2.91. The van der Waals surface area contributed by atoms with Crippen LogP contribution in [0, 0.1) is 6.92 Å². The summed E-state index contributed by atoms with van der Waals surface area (Å²) >= 11 is 0. The van der Waals surface area contributed by atoms with Crippen molar-refractivity contribution in [1.82, 2.24) is 10.3 Å². The van der Waals surface area contributed by atoms with Gasteiger partial charge in [-0.15, -0.1) is 0 Å². The smallest absolute Gasteiger partial charge is 0.244 e. The molecule has 2 aromatic rings. The van der Waals surface area contributed by atoms with E-state index in [1.54, 1.807) is 18.5 Å². The van der Waals surface area contributed by atoms with Gasteiger partial charge in [0.05, 0.1) is 6.54 Å². The third-order valence-electron chi connectivity index (χ3n) is 2.77. The second kappa shape index (κ2) is 7.85. The third kappa shape index (κ3) is 5.48. The lowest BCUT2D eigenvalue weighted by Gasteiger charge is -2.07. The molecular formula is C17H18N2O2. The predicted octanol–water partition coefficient (Wildman–Crippen LogP) is 2.60. The summed E-state index contributed by atoms with van der Waals surface area (Å²) in [6.07, 6.45) is 6.61. The van der Waals surface area contributed by atoms with E-state index in [4.69, 9.17) is 4.74 Å². The van der Waals surface area contributed by atoms with Crippen LogP contribution in [0.3, 0.4) is 0 Å². The molecule has 0 aliphatic heterocycles. The van der Waals surface area contributed by atoms with Crippen molar-refractivity contribution < 1.29 is 9.53 Å². The number of rotatable bonds is 6. The normalized spacial score (nSPS) is 10.5. The SMILES string of the molecule is Cc1cccc(OCCNC(=O)/C=C/c2cccnc2)c1. The van der Waals surface area contributed by atoms with Crippen LogP contribution in [0.15, 0.2) is 54.9 Å². The van der Waals surface area contributed by atoms with E-state index in [9.17, 15) is 4.79 Å². The Morgan fingerprint density at radius 2 is 2.24 bits per heavy atom. The molecular weight excluding hydrogens is 264 g/mol. The van der Waals surface area contributed by atoms with Crippen molar-refractivity contribution in [3.8, 4) is 5.75 Å². The highest BCUT2D eigenvalue weighted by molar-refractivity contribution is 5.91. The molecule has 0 aliphatic carbocycles. The molecule has 108 valence electrons. The highest BCUT2D eigenvalue weighted by Gasteiger charge is 1.97. The molecule has 21 heavy (non-hydrogen) atoms. The zero-order valence-electron chi connectivity index (χ0n) is 12.0. The van der Waals surface area contributed by atoms with E-state index in [2.05, 4.69) is 10.3 Å². The van der Waals surface area contributed by atoms with Crippen LogP contribution in [-0.2, 0) is 4.79 Å². The van der Waals surface area contributed by atoms with Crippen molar-refractivity contribution in [3.05, 3.63) is 66.0 Å². The van der Waals surface area contributed by atoms with E-state index in [-0.39, 0.29) is 5.91 Å². The van der Waals surface area contributed by atoms with E-state index in [0.29, 0.717) is 13.2 Å². The Morgan fingerprint density at radius 1 is 1.33 bits per heavy atom. The molecule has 0 unspecified atom stereocenters. The average Bonchev–Trinajstić information content (AvgIpc) is 2.51. The van der Waals surface area contributed by atoms with Crippen LogP contribution < -0.4 is 10.1 Å². The molecule has 4 heteroatoms. The lowest BCUT2D eigenvalue weighted by molar-refractivity contribution is -0.116. The minimum Gasteiger partial charge on any atom is -0.492 e. The van der Waals surface area contributed by atoms with Crippen molar-refractivity contribution in [2.75, 3.05) is 13.2 Å². The van der Waals surface area contributed by atoms with E-state index in [1.165, 1.54) is 6.08 Å². The van der Waals surface area contributed by atoms with Crippen LogP contribution in [0.4, 0.5) is 0 Å². The number of nitrogens with zero attached hydrogens (tertiary/aromatic N) is 1. The topological polar surface area (TPSA) is 51.2 Å². The van der Waals surface area contributed by atoms with Gasteiger partial charge in [-0.2, -0.15) is 0 Å². The van der Waals surface area contributed by atoms with Crippen molar-refractivity contribution in [2.45, 2.75) is 6.92 Å². The molecule has 1 N–H and O–H groups in total. The summed E-state index contributed by atoms with van der Waals surface area (Å²) in [5, 5.41) is 2.77. The highest BCUT2D eigenvalue weighted by atomic mass is 16.5. The lowest BCUT2D eigenvalue weighted by Crippen LogP contribution is -2.26. The summed E-state index contributed by atoms with van der Waals surface area (Å²) in [6, 6.07) is 11.5. The quantitative estimate of drug-likeness (QED) is 0.654. The standard InChI is InChI=1S/C17H18N2O2/c1-14-4-2-6-16(12-14)21-11-10-19-17(20)8-7-15-5-3-9-18-13-15/h2-9,12-13H,10-11H2,1H3,(H,19,20)/b8-7+. The summed E-state index contributed by atoms with van der Waals surface area (Å²) in [7, 11) is 0. The Bertz CT molecular complexity index is 609. The Balaban J connectivity index is 1.69. The molecule has 0 radical (unpaired) electrons. The van der Waals surface area contributed by atoms with Gasteiger partial charge in [-0.3, -0.25) is 9.78 Å². The molecule has 4 nitrogen and oxygen atoms in total. The fourth-order valence-corrected chi connectivity index (χ4v) is 1.75. The number of nitrogens with one attached hydrogen (secondary N) is 1. The van der Waals surface area contributed by atoms with Crippen LogP contribution in [0.2, 0.25) is 0 Å². The van der Waals surface area contributed by atoms with Crippen LogP contribution >= 0.6 is 0 Å². The minimum absolute atomic E-state index is 0.147. The molecule has 0 saturated carbocycles. The van der Waals surface area contributed by atoms with Gasteiger partial charge >= 0.3 is 0 Å². The molecule has 0 bridgehead atoms. The Labute approximate surface area is 124 Å². The third-order valence-corrected chi connectivity index (χ3v) is 2.77. The first-order chi connectivity index (χ1) is 10.2. The number of benzene rings is 1. The molecule has 0 atom stereocenters. The maximum atomic E-state index is 11.6. The van der Waals surface area contributed by atoms with E-state index < -0.39 is 0 Å². The van der Waals surface area contributed by atoms with E-state index >= 15 is 0 Å². The van der Waals surface area contributed by atoms with Crippen LogP contribution in [0.25, 0.3) is 6.08 Å². The molecule has 0 fully saturated rings. The Hall–Kier alpha value is -2.62. The zero-order chi connectivity index (χ0) is 14.9. The molecule has 0 spiro atoms. The molecule has 1 heterocycles. The van der Waals surface area contributed by atoms with Crippen molar-refractivity contribution in [3.63, 3.8) is 0 Å². The average molecular weight is 282 g/mol. The fraction of sp³-hybridized carbons (Fsp3) is 0.176. The Morgan fingerprint density at radius 3 is 3.00 bits per heavy atom. The summed E-state index contributed by atoms with van der Waals surface area (Å²) < 4.78 is 5.55. The molecule has 0 saturated heterocycles. The highest BCUT2D eigenvalue weighted by Crippen LogP contribution is 2.11. The van der Waals surface area contributed by atoms with Crippen molar-refractivity contribution in [1.29, 1.82) is 0 Å². The van der Waals surface area contributed by atoms with Gasteiger partial charge in [0.1, 0.15) is 12.4 Å². The zero-order valence-corrected chi connectivity index (χ0v) is 12.0. The van der Waals surface area contributed by atoms with Gasteiger partial charge in [0.2, 0.25) is 5.91 Å². The van der Waals surface area contributed by atoms with Gasteiger partial charge in [0.25, 0.3) is 0 Å². The van der Waals surface area contributed by atoms with Gasteiger partial charge in [-0.25, -0.2) is 0 Å². The first kappa shape index (κ1) is 14.8. The van der Waals surface area contributed by atoms with Crippen molar-refractivity contribution in [2.24, 2.45) is 0 Å². The van der Waals surface area contributed by atoms with Gasteiger partial charge in [-0.1, -0.05) is 18.2 Å². The maximum absolute atomic E-state index is 11.6. The van der Waals surface area contributed by atoms with Gasteiger partial charge < -0.3 is 10.1 Å². The molecule has 0 aliphatic rings. The number of hydrogen-bond donors (Lipinski definition) is 1.